The topological polar surface area (TPSA) is 43.8 Å². The van der Waals surface area contributed by atoms with Crippen molar-refractivity contribution < 1.29 is 4.39 Å². The first-order valence-corrected chi connectivity index (χ1v) is 7.25. The van der Waals surface area contributed by atoms with Crippen molar-refractivity contribution in [2.24, 2.45) is 0 Å². The van der Waals surface area contributed by atoms with Crippen LogP contribution in [-0.2, 0) is 0 Å². The van der Waals surface area contributed by atoms with Crippen molar-refractivity contribution >= 4 is 28.3 Å². The van der Waals surface area contributed by atoms with Crippen LogP contribution >= 0.6 is 11.6 Å². The molecule has 0 saturated heterocycles. The van der Waals surface area contributed by atoms with Crippen LogP contribution in [0, 0.1) is 5.82 Å². The molecule has 1 heterocycles. The van der Waals surface area contributed by atoms with Crippen LogP contribution in [0.15, 0.2) is 36.4 Å². The number of rotatable bonds is 2. The molecule has 0 unspecified atom stereocenters. The zero-order valence-corrected chi connectivity index (χ0v) is 11.9. The minimum Gasteiger partial charge on any atom is -0.397 e. The highest BCUT2D eigenvalue weighted by molar-refractivity contribution is 6.33. The second-order valence-electron chi connectivity index (χ2n) is 5.37. The number of hydrogen-bond acceptors (Lipinski definition) is 2. The molecule has 0 radical (unpaired) electrons. The van der Waals surface area contributed by atoms with Gasteiger partial charge in [-0.05, 0) is 37.1 Å². The number of nitrogens with zero attached hydrogens (tertiary/aromatic N) is 2. The molecular weight excluding hydrogens is 289 g/mol. The third-order valence-electron chi connectivity index (χ3n) is 3.86. The normalized spacial score (nSPS) is 14.8. The van der Waals surface area contributed by atoms with Gasteiger partial charge in [-0.2, -0.15) is 0 Å². The second kappa shape index (κ2) is 4.46. The fourth-order valence-electron chi connectivity index (χ4n) is 2.70. The monoisotopic (exact) mass is 301 g/mol. The maximum absolute atomic E-state index is 13.4. The highest BCUT2D eigenvalue weighted by atomic mass is 35.5. The van der Waals surface area contributed by atoms with Gasteiger partial charge < -0.3 is 10.3 Å². The lowest BCUT2D eigenvalue weighted by Crippen LogP contribution is -2.00. The van der Waals surface area contributed by atoms with Crippen LogP contribution < -0.4 is 5.73 Å². The summed E-state index contributed by atoms with van der Waals surface area (Å²) in [7, 11) is 0. The zero-order valence-electron chi connectivity index (χ0n) is 11.2. The molecule has 0 amide bonds. The molecule has 106 valence electrons. The summed E-state index contributed by atoms with van der Waals surface area (Å²) < 4.78 is 15.6. The molecule has 1 saturated carbocycles. The van der Waals surface area contributed by atoms with E-state index in [4.69, 9.17) is 17.3 Å². The van der Waals surface area contributed by atoms with Crippen LogP contribution in [-0.4, -0.2) is 9.55 Å². The third kappa shape index (κ3) is 1.98. The molecule has 0 atom stereocenters. The number of nitrogen functional groups attached to an aromatic ring is 1. The van der Waals surface area contributed by atoms with Gasteiger partial charge in [-0.25, -0.2) is 9.37 Å². The van der Waals surface area contributed by atoms with E-state index in [1.165, 1.54) is 12.1 Å². The Kier molecular flexibility index (Phi) is 2.69. The van der Waals surface area contributed by atoms with Gasteiger partial charge in [0.15, 0.2) is 0 Å². The van der Waals surface area contributed by atoms with E-state index in [-0.39, 0.29) is 5.82 Å². The summed E-state index contributed by atoms with van der Waals surface area (Å²) in [6, 6.07) is 10.6. The predicted octanol–water partition coefficient (Wildman–Crippen LogP) is 4.41. The Hall–Kier alpha value is -2.07. The number of para-hydroxylation sites is 1. The highest BCUT2D eigenvalue weighted by Gasteiger charge is 2.29. The van der Waals surface area contributed by atoms with E-state index in [9.17, 15) is 4.39 Å². The molecule has 3 nitrogen and oxygen atoms in total. The van der Waals surface area contributed by atoms with Crippen molar-refractivity contribution in [3.05, 3.63) is 47.2 Å². The molecule has 4 rings (SSSR count). The standard InChI is InChI=1S/C16H13ClFN3/c17-12-3-1-2-11(15(12)19)16-20-13-8-9(18)4-7-14(13)21(16)10-5-6-10/h1-4,7-8,10H,5-6,19H2. The summed E-state index contributed by atoms with van der Waals surface area (Å²) in [5.74, 6) is 0.478. The van der Waals surface area contributed by atoms with E-state index in [1.54, 1.807) is 12.1 Å². The van der Waals surface area contributed by atoms with Crippen molar-refractivity contribution in [1.82, 2.24) is 9.55 Å². The van der Waals surface area contributed by atoms with Crippen molar-refractivity contribution in [2.45, 2.75) is 18.9 Å². The van der Waals surface area contributed by atoms with E-state index in [0.29, 0.717) is 22.3 Å². The van der Waals surface area contributed by atoms with Gasteiger partial charge in [-0.15, -0.1) is 0 Å². The molecule has 1 aliphatic rings. The van der Waals surface area contributed by atoms with Crippen LogP contribution in [0.2, 0.25) is 5.02 Å². The number of benzene rings is 2. The minimum absolute atomic E-state index is 0.284. The third-order valence-corrected chi connectivity index (χ3v) is 4.19. The van der Waals surface area contributed by atoms with Crippen molar-refractivity contribution in [2.75, 3.05) is 5.73 Å². The number of halogens is 2. The number of fused-ring (bicyclic) bond motifs is 1. The zero-order chi connectivity index (χ0) is 14.6. The number of hydrogen-bond donors (Lipinski definition) is 1. The van der Waals surface area contributed by atoms with Gasteiger partial charge in [0.1, 0.15) is 11.6 Å². The van der Waals surface area contributed by atoms with Crippen LogP contribution in [0.25, 0.3) is 22.4 Å². The lowest BCUT2D eigenvalue weighted by Gasteiger charge is -2.10. The Morgan fingerprint density at radius 2 is 2.05 bits per heavy atom. The summed E-state index contributed by atoms with van der Waals surface area (Å²) in [6.07, 6.45) is 2.21. The molecule has 0 bridgehead atoms. The van der Waals surface area contributed by atoms with E-state index in [0.717, 1.165) is 29.7 Å². The first-order chi connectivity index (χ1) is 10.1. The number of aromatic nitrogens is 2. The summed E-state index contributed by atoms with van der Waals surface area (Å²) >= 11 is 6.11. The maximum atomic E-state index is 13.4. The SMILES string of the molecule is Nc1c(Cl)cccc1-c1nc2cc(F)ccc2n1C1CC1. The van der Waals surface area contributed by atoms with Gasteiger partial charge in [-0.3, -0.25) is 0 Å². The molecule has 2 N–H and O–H groups in total. The van der Waals surface area contributed by atoms with E-state index in [2.05, 4.69) is 9.55 Å². The van der Waals surface area contributed by atoms with Crippen LogP contribution in [0.4, 0.5) is 10.1 Å². The lowest BCUT2D eigenvalue weighted by atomic mass is 10.1. The van der Waals surface area contributed by atoms with Gasteiger partial charge >= 0.3 is 0 Å². The lowest BCUT2D eigenvalue weighted by molar-refractivity contribution is 0.629. The Morgan fingerprint density at radius 1 is 1.24 bits per heavy atom. The molecule has 1 aromatic heterocycles. The molecular formula is C16H13ClFN3. The molecule has 1 aliphatic carbocycles. The predicted molar refractivity (Wildman–Crippen MR) is 82.8 cm³/mol. The summed E-state index contributed by atoms with van der Waals surface area (Å²) in [4.78, 5) is 4.59. The highest BCUT2D eigenvalue weighted by Crippen LogP contribution is 2.43. The smallest absolute Gasteiger partial charge is 0.143 e. The van der Waals surface area contributed by atoms with Crippen molar-refractivity contribution in [3.8, 4) is 11.4 Å². The van der Waals surface area contributed by atoms with Crippen LogP contribution in [0.3, 0.4) is 0 Å². The number of anilines is 1. The Morgan fingerprint density at radius 3 is 2.81 bits per heavy atom. The molecule has 0 spiro atoms. The fraction of sp³-hybridized carbons (Fsp3) is 0.188. The quantitative estimate of drug-likeness (QED) is 0.712. The molecule has 3 aromatic rings. The summed E-state index contributed by atoms with van der Waals surface area (Å²) in [6.45, 7) is 0. The molecule has 21 heavy (non-hydrogen) atoms. The molecule has 0 aliphatic heterocycles. The molecule has 1 fully saturated rings. The minimum atomic E-state index is -0.284. The summed E-state index contributed by atoms with van der Waals surface area (Å²) in [5, 5.41) is 0.507. The van der Waals surface area contributed by atoms with Gasteiger partial charge in [0, 0.05) is 17.7 Å². The van der Waals surface area contributed by atoms with Gasteiger partial charge in [-0.1, -0.05) is 17.7 Å². The van der Waals surface area contributed by atoms with Crippen LogP contribution in [0.1, 0.15) is 18.9 Å². The van der Waals surface area contributed by atoms with Crippen LogP contribution in [0.5, 0.6) is 0 Å². The van der Waals surface area contributed by atoms with Gasteiger partial charge in [0.25, 0.3) is 0 Å². The molecule has 5 heteroatoms. The fourth-order valence-corrected chi connectivity index (χ4v) is 2.87. The Labute approximate surface area is 126 Å². The van der Waals surface area contributed by atoms with Crippen molar-refractivity contribution in [1.29, 1.82) is 0 Å². The Balaban J connectivity index is 2.03. The Bertz CT molecular complexity index is 852. The van der Waals surface area contributed by atoms with Crippen molar-refractivity contribution in [3.63, 3.8) is 0 Å². The van der Waals surface area contributed by atoms with Gasteiger partial charge in [0.2, 0.25) is 0 Å². The second-order valence-corrected chi connectivity index (χ2v) is 5.78. The number of nitrogens with two attached hydrogens (primary N) is 1. The average molecular weight is 302 g/mol. The van der Waals surface area contributed by atoms with E-state index >= 15 is 0 Å². The number of imidazole rings is 1. The first-order valence-electron chi connectivity index (χ1n) is 6.87. The van der Waals surface area contributed by atoms with E-state index in [1.807, 2.05) is 12.1 Å². The van der Waals surface area contributed by atoms with Gasteiger partial charge in [0.05, 0.1) is 21.7 Å². The molecule has 2 aromatic carbocycles. The largest absolute Gasteiger partial charge is 0.397 e. The van der Waals surface area contributed by atoms with E-state index < -0.39 is 0 Å². The first kappa shape index (κ1) is 12.7. The summed E-state index contributed by atoms with van der Waals surface area (Å²) in [5.41, 5.74) is 8.99. The maximum Gasteiger partial charge on any atom is 0.143 e. The average Bonchev–Trinajstić information content (AvgIpc) is 3.23.